The van der Waals surface area contributed by atoms with Crippen LogP contribution in [0.1, 0.15) is 5.56 Å². The fourth-order valence-corrected chi connectivity index (χ4v) is 2.63. The predicted octanol–water partition coefficient (Wildman–Crippen LogP) is 3.33. The maximum absolute atomic E-state index is 13.2. The van der Waals surface area contributed by atoms with Crippen molar-refractivity contribution in [2.75, 3.05) is 0 Å². The van der Waals surface area contributed by atoms with Gasteiger partial charge < -0.3 is 0 Å². The first kappa shape index (κ1) is 14.1. The highest BCUT2D eigenvalue weighted by Gasteiger charge is 2.07. The lowest BCUT2D eigenvalue weighted by molar-refractivity contribution is 0.576. The van der Waals surface area contributed by atoms with Crippen molar-refractivity contribution in [3.63, 3.8) is 0 Å². The lowest BCUT2D eigenvalue weighted by atomic mass is 10.2. The van der Waals surface area contributed by atoms with Gasteiger partial charge in [-0.1, -0.05) is 0 Å². The van der Waals surface area contributed by atoms with Crippen molar-refractivity contribution in [3.05, 3.63) is 73.8 Å². The molecule has 0 atom stereocenters. The van der Waals surface area contributed by atoms with Crippen LogP contribution in [0.5, 0.6) is 0 Å². The SMILES string of the molecule is O=c1c2cc(I)ccc2ncn1Cc1cc(F)cc(F)c1. The van der Waals surface area contributed by atoms with Crippen LogP contribution in [0.4, 0.5) is 8.78 Å². The largest absolute Gasteiger partial charge is 0.294 e. The van der Waals surface area contributed by atoms with Crippen LogP contribution >= 0.6 is 22.6 Å². The summed E-state index contributed by atoms with van der Waals surface area (Å²) in [5.41, 5.74) is 0.742. The van der Waals surface area contributed by atoms with Crippen LogP contribution in [0.15, 0.2) is 47.5 Å². The molecule has 21 heavy (non-hydrogen) atoms. The molecule has 1 aromatic heterocycles. The molecule has 0 aliphatic heterocycles. The van der Waals surface area contributed by atoms with Crippen LogP contribution in [0.3, 0.4) is 0 Å². The zero-order valence-electron chi connectivity index (χ0n) is 10.7. The molecule has 3 rings (SSSR count). The number of hydrogen-bond acceptors (Lipinski definition) is 2. The topological polar surface area (TPSA) is 34.9 Å². The third kappa shape index (κ3) is 2.94. The molecule has 0 fully saturated rings. The van der Waals surface area contributed by atoms with Gasteiger partial charge in [-0.3, -0.25) is 9.36 Å². The first-order chi connectivity index (χ1) is 10.0. The third-order valence-electron chi connectivity index (χ3n) is 3.06. The molecule has 0 aliphatic rings. The molecule has 0 bridgehead atoms. The van der Waals surface area contributed by atoms with Gasteiger partial charge in [0.15, 0.2) is 0 Å². The van der Waals surface area contributed by atoms with Crippen LogP contribution in [0, 0.1) is 15.2 Å². The summed E-state index contributed by atoms with van der Waals surface area (Å²) in [6.07, 6.45) is 1.39. The lowest BCUT2D eigenvalue weighted by Gasteiger charge is -2.07. The standard InChI is InChI=1S/C15H9F2IN2O/c16-10-3-9(4-11(17)5-10)7-20-8-19-14-2-1-12(18)6-13(14)15(20)21/h1-6,8H,7H2. The Hall–Kier alpha value is -1.83. The molecular weight excluding hydrogens is 389 g/mol. The van der Waals surface area contributed by atoms with Gasteiger partial charge in [-0.25, -0.2) is 13.8 Å². The molecule has 0 N–H and O–H groups in total. The molecule has 0 unspecified atom stereocenters. The Morgan fingerprint density at radius 2 is 1.81 bits per heavy atom. The first-order valence-corrected chi connectivity index (χ1v) is 7.20. The van der Waals surface area contributed by atoms with E-state index in [-0.39, 0.29) is 12.1 Å². The molecule has 2 aromatic carbocycles. The van der Waals surface area contributed by atoms with E-state index in [4.69, 9.17) is 0 Å². The number of hydrogen-bond donors (Lipinski definition) is 0. The van der Waals surface area contributed by atoms with Gasteiger partial charge in [-0.15, -0.1) is 0 Å². The number of nitrogens with zero attached hydrogens (tertiary/aromatic N) is 2. The minimum absolute atomic E-state index is 0.0714. The molecular formula is C15H9F2IN2O. The van der Waals surface area contributed by atoms with E-state index in [1.807, 2.05) is 6.07 Å². The van der Waals surface area contributed by atoms with Crippen molar-refractivity contribution >= 4 is 33.5 Å². The molecule has 106 valence electrons. The number of aromatic nitrogens is 2. The van der Waals surface area contributed by atoms with E-state index in [2.05, 4.69) is 27.6 Å². The third-order valence-corrected chi connectivity index (χ3v) is 3.73. The summed E-state index contributed by atoms with van der Waals surface area (Å²) < 4.78 is 28.7. The van der Waals surface area contributed by atoms with E-state index in [1.165, 1.54) is 23.0 Å². The van der Waals surface area contributed by atoms with E-state index >= 15 is 0 Å². The number of fused-ring (bicyclic) bond motifs is 1. The molecule has 0 saturated heterocycles. The van der Waals surface area contributed by atoms with Crippen molar-refractivity contribution < 1.29 is 8.78 Å². The van der Waals surface area contributed by atoms with E-state index in [0.29, 0.717) is 16.5 Å². The van der Waals surface area contributed by atoms with E-state index in [1.54, 1.807) is 12.1 Å². The molecule has 1 heterocycles. The van der Waals surface area contributed by atoms with Gasteiger partial charge in [0.1, 0.15) is 11.6 Å². The maximum Gasteiger partial charge on any atom is 0.261 e. The smallest absolute Gasteiger partial charge is 0.261 e. The number of rotatable bonds is 2. The first-order valence-electron chi connectivity index (χ1n) is 6.12. The van der Waals surface area contributed by atoms with Crippen LogP contribution in [0.2, 0.25) is 0 Å². The monoisotopic (exact) mass is 398 g/mol. The Kier molecular flexibility index (Phi) is 3.71. The van der Waals surface area contributed by atoms with E-state index < -0.39 is 11.6 Å². The van der Waals surface area contributed by atoms with E-state index in [9.17, 15) is 13.6 Å². The Bertz CT molecular complexity index is 872. The summed E-state index contributed by atoms with van der Waals surface area (Å²) in [6, 6.07) is 8.58. The second-order valence-electron chi connectivity index (χ2n) is 4.62. The summed E-state index contributed by atoms with van der Waals surface area (Å²) >= 11 is 2.11. The average Bonchev–Trinajstić information content (AvgIpc) is 2.41. The summed E-state index contributed by atoms with van der Waals surface area (Å²) in [7, 11) is 0. The van der Waals surface area contributed by atoms with Crippen LogP contribution in [-0.2, 0) is 6.54 Å². The molecule has 0 radical (unpaired) electrons. The number of benzene rings is 2. The molecule has 0 aliphatic carbocycles. The van der Waals surface area contributed by atoms with Gasteiger partial charge in [0, 0.05) is 9.64 Å². The van der Waals surface area contributed by atoms with Crippen molar-refractivity contribution in [2.24, 2.45) is 0 Å². The lowest BCUT2D eigenvalue weighted by Crippen LogP contribution is -2.21. The van der Waals surface area contributed by atoms with Crippen molar-refractivity contribution in [1.82, 2.24) is 9.55 Å². The quantitative estimate of drug-likeness (QED) is 0.621. The van der Waals surface area contributed by atoms with Crippen molar-refractivity contribution in [2.45, 2.75) is 6.54 Å². The van der Waals surface area contributed by atoms with Crippen LogP contribution in [0.25, 0.3) is 10.9 Å². The maximum atomic E-state index is 13.2. The minimum atomic E-state index is -0.665. The van der Waals surface area contributed by atoms with Gasteiger partial charge >= 0.3 is 0 Å². The van der Waals surface area contributed by atoms with Crippen molar-refractivity contribution in [3.8, 4) is 0 Å². The Labute approximate surface area is 132 Å². The highest BCUT2D eigenvalue weighted by Crippen LogP contribution is 2.13. The summed E-state index contributed by atoms with van der Waals surface area (Å²) in [5.74, 6) is -1.33. The van der Waals surface area contributed by atoms with Crippen molar-refractivity contribution in [1.29, 1.82) is 0 Å². The summed E-state index contributed by atoms with van der Waals surface area (Å²) in [4.78, 5) is 16.6. The Balaban J connectivity index is 2.08. The fourth-order valence-electron chi connectivity index (χ4n) is 2.14. The predicted molar refractivity (Wildman–Crippen MR) is 84.2 cm³/mol. The van der Waals surface area contributed by atoms with Crippen LogP contribution in [-0.4, -0.2) is 9.55 Å². The highest BCUT2D eigenvalue weighted by atomic mass is 127. The summed E-state index contributed by atoms with van der Waals surface area (Å²) in [6.45, 7) is 0.0714. The van der Waals surface area contributed by atoms with Gasteiger partial charge in [-0.2, -0.15) is 0 Å². The Morgan fingerprint density at radius 1 is 1.10 bits per heavy atom. The molecule has 0 saturated carbocycles. The fraction of sp³-hybridized carbons (Fsp3) is 0.0667. The van der Waals surface area contributed by atoms with Gasteiger partial charge in [0.25, 0.3) is 5.56 Å². The second kappa shape index (κ2) is 5.51. The van der Waals surface area contributed by atoms with Gasteiger partial charge in [0.2, 0.25) is 0 Å². The highest BCUT2D eigenvalue weighted by molar-refractivity contribution is 14.1. The normalized spacial score (nSPS) is 11.0. The van der Waals surface area contributed by atoms with Crippen LogP contribution < -0.4 is 5.56 Å². The molecule has 3 nitrogen and oxygen atoms in total. The Morgan fingerprint density at radius 3 is 2.52 bits per heavy atom. The second-order valence-corrected chi connectivity index (χ2v) is 5.86. The van der Waals surface area contributed by atoms with E-state index in [0.717, 1.165) is 9.64 Å². The molecule has 3 aromatic rings. The zero-order valence-corrected chi connectivity index (χ0v) is 12.8. The van der Waals surface area contributed by atoms with Gasteiger partial charge in [0.05, 0.1) is 23.8 Å². The molecule has 0 amide bonds. The number of halogens is 3. The minimum Gasteiger partial charge on any atom is -0.294 e. The molecule has 0 spiro atoms. The average molecular weight is 398 g/mol. The molecule has 6 heteroatoms. The summed E-state index contributed by atoms with van der Waals surface area (Å²) in [5, 5.41) is 0.487. The zero-order chi connectivity index (χ0) is 15.0. The van der Waals surface area contributed by atoms with Gasteiger partial charge in [-0.05, 0) is 58.5 Å².